The summed E-state index contributed by atoms with van der Waals surface area (Å²) in [5, 5.41) is 3.60. The Kier molecular flexibility index (Phi) is 5.45. The number of anilines is 1. The van der Waals surface area contributed by atoms with E-state index in [1.165, 1.54) is 5.56 Å². The number of rotatable bonds is 6. The first-order chi connectivity index (χ1) is 12.3. The third kappa shape index (κ3) is 4.13. The van der Waals surface area contributed by atoms with Crippen LogP contribution in [0, 0.1) is 0 Å². The second-order valence-corrected chi connectivity index (χ2v) is 8.29. The molecule has 26 heavy (non-hydrogen) atoms. The highest BCUT2D eigenvalue weighted by molar-refractivity contribution is 6.47. The fourth-order valence-electron chi connectivity index (χ4n) is 3.42. The van der Waals surface area contributed by atoms with Crippen molar-refractivity contribution in [3.63, 3.8) is 0 Å². The number of nitrogens with one attached hydrogen (secondary N) is 1. The fraction of sp³-hybridized carbons (Fsp3) is 0.455. The molecule has 138 valence electrons. The third-order valence-electron chi connectivity index (χ3n) is 5.62. The van der Waals surface area contributed by atoms with Crippen LogP contribution in [0.2, 0.25) is 0 Å². The Morgan fingerprint density at radius 1 is 0.846 bits per heavy atom. The lowest BCUT2D eigenvalue weighted by atomic mass is 9.65. The van der Waals surface area contributed by atoms with Gasteiger partial charge in [-0.2, -0.15) is 0 Å². The van der Waals surface area contributed by atoms with Gasteiger partial charge in [0.15, 0.2) is 0 Å². The van der Waals surface area contributed by atoms with Gasteiger partial charge < -0.3 is 14.6 Å². The summed E-state index contributed by atoms with van der Waals surface area (Å²) in [5.74, 6) is 0.170. The smallest absolute Gasteiger partial charge is 0.403 e. The third-order valence-corrected chi connectivity index (χ3v) is 5.62. The molecule has 2 aromatic rings. The summed E-state index contributed by atoms with van der Waals surface area (Å²) in [6, 6.07) is 21.2. The summed E-state index contributed by atoms with van der Waals surface area (Å²) < 4.78 is 12.8. The molecule has 0 saturated carbocycles. The van der Waals surface area contributed by atoms with Crippen LogP contribution in [-0.4, -0.2) is 24.4 Å². The average Bonchev–Trinajstić information content (AvgIpc) is 2.82. The van der Waals surface area contributed by atoms with Crippen LogP contribution in [0.4, 0.5) is 5.69 Å². The molecule has 0 spiro atoms. The zero-order chi connectivity index (χ0) is 18.8. The molecule has 1 fully saturated rings. The van der Waals surface area contributed by atoms with Crippen LogP contribution >= 0.6 is 0 Å². The van der Waals surface area contributed by atoms with Crippen molar-refractivity contribution in [3.8, 4) is 0 Å². The van der Waals surface area contributed by atoms with Crippen LogP contribution in [0.3, 0.4) is 0 Å². The maximum absolute atomic E-state index is 6.38. The molecule has 3 nitrogen and oxygen atoms in total. The lowest BCUT2D eigenvalue weighted by molar-refractivity contribution is 0.00578. The number of hydrogen-bond donors (Lipinski definition) is 1. The van der Waals surface area contributed by atoms with Crippen molar-refractivity contribution in [2.24, 2.45) is 0 Å². The summed E-state index contributed by atoms with van der Waals surface area (Å²) in [7, 11) is -0.248. The quantitative estimate of drug-likeness (QED) is 0.717. The standard InChI is InChI=1S/C22H30BNO2/c1-17(24-19-14-10-7-11-15-19)16-20(18-12-8-6-9-13-18)23-25-21(2,3)22(4,5)26-23/h6-15,17,20,24H,16H2,1-5H3/t17-,20-/m0/s1. The van der Waals surface area contributed by atoms with Crippen molar-refractivity contribution in [2.75, 3.05) is 5.32 Å². The second kappa shape index (κ2) is 7.46. The molecular formula is C22H30BNO2. The molecule has 4 heteroatoms. The predicted molar refractivity (Wildman–Crippen MR) is 109 cm³/mol. The highest BCUT2D eigenvalue weighted by Gasteiger charge is 2.54. The van der Waals surface area contributed by atoms with Gasteiger partial charge in [-0.25, -0.2) is 0 Å². The lowest BCUT2D eigenvalue weighted by Gasteiger charge is -2.32. The van der Waals surface area contributed by atoms with E-state index in [0.29, 0.717) is 6.04 Å². The monoisotopic (exact) mass is 351 g/mol. The van der Waals surface area contributed by atoms with Gasteiger partial charge in [-0.15, -0.1) is 0 Å². The van der Waals surface area contributed by atoms with Gasteiger partial charge in [0.25, 0.3) is 0 Å². The van der Waals surface area contributed by atoms with E-state index in [1.54, 1.807) is 0 Å². The molecule has 1 aliphatic heterocycles. The Hall–Kier alpha value is -1.78. The molecule has 0 unspecified atom stereocenters. The van der Waals surface area contributed by atoms with Gasteiger partial charge in [-0.1, -0.05) is 48.5 Å². The fourth-order valence-corrected chi connectivity index (χ4v) is 3.42. The minimum Gasteiger partial charge on any atom is -0.403 e. The molecule has 2 atom stereocenters. The summed E-state index contributed by atoms with van der Waals surface area (Å²) in [6.07, 6.45) is 0.926. The Labute approximate surface area is 158 Å². The zero-order valence-electron chi connectivity index (χ0n) is 16.5. The van der Waals surface area contributed by atoms with Crippen LogP contribution in [0.15, 0.2) is 60.7 Å². The first kappa shape index (κ1) is 19.0. The predicted octanol–water partition coefficient (Wildman–Crippen LogP) is 5.29. The largest absolute Gasteiger partial charge is 0.465 e. The van der Waals surface area contributed by atoms with Crippen LogP contribution in [0.25, 0.3) is 0 Å². The molecule has 2 aromatic carbocycles. The molecule has 0 aromatic heterocycles. The highest BCUT2D eigenvalue weighted by Crippen LogP contribution is 2.42. The van der Waals surface area contributed by atoms with Crippen molar-refractivity contribution in [1.29, 1.82) is 0 Å². The minimum atomic E-state index is -0.319. The van der Waals surface area contributed by atoms with Crippen LogP contribution in [-0.2, 0) is 9.31 Å². The van der Waals surface area contributed by atoms with Gasteiger partial charge in [0.2, 0.25) is 0 Å². The molecule has 1 N–H and O–H groups in total. The molecule has 1 saturated heterocycles. The lowest BCUT2D eigenvalue weighted by Crippen LogP contribution is -2.41. The highest BCUT2D eigenvalue weighted by atomic mass is 16.7. The zero-order valence-corrected chi connectivity index (χ0v) is 16.5. The van der Waals surface area contributed by atoms with E-state index >= 15 is 0 Å². The van der Waals surface area contributed by atoms with Crippen LogP contribution < -0.4 is 5.32 Å². The van der Waals surface area contributed by atoms with Gasteiger partial charge in [0.1, 0.15) is 0 Å². The van der Waals surface area contributed by atoms with E-state index in [9.17, 15) is 0 Å². The number of benzene rings is 2. The van der Waals surface area contributed by atoms with E-state index in [-0.39, 0.29) is 24.1 Å². The normalized spacial score (nSPS) is 20.6. The van der Waals surface area contributed by atoms with E-state index in [0.717, 1.165) is 12.1 Å². The van der Waals surface area contributed by atoms with E-state index < -0.39 is 0 Å². The Morgan fingerprint density at radius 2 is 1.35 bits per heavy atom. The summed E-state index contributed by atoms with van der Waals surface area (Å²) in [4.78, 5) is 0. The van der Waals surface area contributed by atoms with Crippen molar-refractivity contribution < 1.29 is 9.31 Å². The van der Waals surface area contributed by atoms with Gasteiger partial charge in [0, 0.05) is 17.5 Å². The van der Waals surface area contributed by atoms with Gasteiger partial charge >= 0.3 is 7.12 Å². The molecular weight excluding hydrogens is 321 g/mol. The van der Waals surface area contributed by atoms with Crippen molar-refractivity contribution in [1.82, 2.24) is 0 Å². The molecule has 0 radical (unpaired) electrons. The van der Waals surface area contributed by atoms with E-state index in [1.807, 2.05) is 6.07 Å². The topological polar surface area (TPSA) is 30.5 Å². The maximum Gasteiger partial charge on any atom is 0.465 e. The van der Waals surface area contributed by atoms with Gasteiger partial charge in [0.05, 0.1) is 11.2 Å². The second-order valence-electron chi connectivity index (χ2n) is 8.29. The summed E-state index contributed by atoms with van der Waals surface area (Å²) in [5.41, 5.74) is 1.76. The van der Waals surface area contributed by atoms with Gasteiger partial charge in [-0.3, -0.25) is 0 Å². The molecule has 0 bridgehead atoms. The molecule has 3 rings (SSSR count). The molecule has 0 aliphatic carbocycles. The van der Waals surface area contributed by atoms with Crippen LogP contribution in [0.5, 0.6) is 0 Å². The van der Waals surface area contributed by atoms with Crippen molar-refractivity contribution >= 4 is 12.8 Å². The summed E-state index contributed by atoms with van der Waals surface area (Å²) in [6.45, 7) is 10.7. The first-order valence-electron chi connectivity index (χ1n) is 9.51. The maximum atomic E-state index is 6.38. The number of para-hydroxylation sites is 1. The minimum absolute atomic E-state index is 0.170. The van der Waals surface area contributed by atoms with Crippen molar-refractivity contribution in [3.05, 3.63) is 66.2 Å². The van der Waals surface area contributed by atoms with Crippen molar-refractivity contribution in [2.45, 2.75) is 64.1 Å². The molecule has 1 aliphatic rings. The first-order valence-corrected chi connectivity index (χ1v) is 9.51. The summed E-state index contributed by atoms with van der Waals surface area (Å²) >= 11 is 0. The number of hydrogen-bond acceptors (Lipinski definition) is 3. The van der Waals surface area contributed by atoms with E-state index in [4.69, 9.17) is 9.31 Å². The van der Waals surface area contributed by atoms with Crippen LogP contribution in [0.1, 0.15) is 52.4 Å². The Morgan fingerprint density at radius 3 is 1.88 bits per heavy atom. The SMILES string of the molecule is C[C@@H](C[C@H](B1OC(C)(C)C(C)(C)O1)c1ccccc1)Nc1ccccc1. The van der Waals surface area contributed by atoms with Gasteiger partial charge in [-0.05, 0) is 58.7 Å². The molecule has 0 amide bonds. The average molecular weight is 351 g/mol. The Balaban J connectivity index is 1.79. The van der Waals surface area contributed by atoms with E-state index in [2.05, 4.69) is 94.5 Å². The molecule has 1 heterocycles. The Bertz CT molecular complexity index is 687.